The van der Waals surface area contributed by atoms with Gasteiger partial charge < -0.3 is 9.47 Å². The molecule has 0 unspecified atom stereocenters. The summed E-state index contributed by atoms with van der Waals surface area (Å²) in [6.45, 7) is 1.72. The highest BCUT2D eigenvalue weighted by atomic mass is 32.3. The Morgan fingerprint density at radius 3 is 1.80 bits per heavy atom. The Kier molecular flexibility index (Phi) is 3.18. The van der Waals surface area contributed by atoms with E-state index in [2.05, 4.69) is 0 Å². The minimum Gasteiger partial charge on any atom is -0.495 e. The first-order valence-corrected chi connectivity index (χ1v) is 5.45. The fraction of sp³-hybridized carbons (Fsp3) is 0.333. The van der Waals surface area contributed by atoms with E-state index < -0.39 is 15.1 Å². The van der Waals surface area contributed by atoms with Gasteiger partial charge in [-0.3, -0.25) is 0 Å². The molecule has 0 amide bonds. The van der Waals surface area contributed by atoms with Crippen LogP contribution in [0.5, 0.6) is 11.5 Å². The number of ether oxygens (including phenoxy) is 2. The Bertz CT molecular complexity index is 442. The maximum Gasteiger partial charge on any atom is 0.339 e. The fourth-order valence-corrected chi connectivity index (χ4v) is 2.02. The van der Waals surface area contributed by atoms with E-state index in [1.165, 1.54) is 26.4 Å². The van der Waals surface area contributed by atoms with Crippen LogP contribution in [0.4, 0.5) is 3.89 Å². The van der Waals surface area contributed by atoms with Crippen molar-refractivity contribution in [2.75, 3.05) is 14.2 Å². The second-order valence-electron chi connectivity index (χ2n) is 2.94. The Morgan fingerprint density at radius 2 is 1.53 bits per heavy atom. The Morgan fingerprint density at radius 1 is 1.13 bits per heavy atom. The molecule has 0 aliphatic heterocycles. The molecule has 1 aromatic rings. The van der Waals surface area contributed by atoms with Crippen LogP contribution in [0.2, 0.25) is 0 Å². The van der Waals surface area contributed by atoms with Gasteiger partial charge in [0.25, 0.3) is 0 Å². The normalized spacial score (nSPS) is 11.2. The lowest BCUT2D eigenvalue weighted by Crippen LogP contribution is -2.01. The highest BCUT2D eigenvalue weighted by molar-refractivity contribution is 7.86. The monoisotopic (exact) mass is 234 g/mol. The largest absolute Gasteiger partial charge is 0.495 e. The summed E-state index contributed by atoms with van der Waals surface area (Å²) in [6.07, 6.45) is 0. The van der Waals surface area contributed by atoms with Gasteiger partial charge in [-0.05, 0) is 24.6 Å². The molecular formula is C9H11FO4S. The van der Waals surface area contributed by atoms with Crippen LogP contribution in [0.3, 0.4) is 0 Å². The molecule has 1 aromatic carbocycles. The number of hydrogen-bond acceptors (Lipinski definition) is 4. The zero-order valence-corrected chi connectivity index (χ0v) is 9.39. The molecule has 0 fully saturated rings. The first-order chi connectivity index (χ1) is 6.90. The van der Waals surface area contributed by atoms with E-state index in [9.17, 15) is 12.3 Å². The van der Waals surface area contributed by atoms with Crippen LogP contribution in [0.15, 0.2) is 17.0 Å². The molecular weight excluding hydrogens is 223 g/mol. The van der Waals surface area contributed by atoms with Crippen LogP contribution in [-0.4, -0.2) is 22.6 Å². The molecule has 6 heteroatoms. The van der Waals surface area contributed by atoms with Crippen molar-refractivity contribution < 1.29 is 21.8 Å². The van der Waals surface area contributed by atoms with E-state index in [0.717, 1.165) is 5.56 Å². The van der Waals surface area contributed by atoms with Gasteiger partial charge in [-0.25, -0.2) is 0 Å². The molecule has 84 valence electrons. The third kappa shape index (κ3) is 2.38. The smallest absolute Gasteiger partial charge is 0.339 e. The van der Waals surface area contributed by atoms with Crippen LogP contribution in [-0.2, 0) is 10.2 Å². The van der Waals surface area contributed by atoms with Gasteiger partial charge in [0.15, 0.2) is 4.90 Å². The van der Waals surface area contributed by atoms with Crippen LogP contribution in [0, 0.1) is 6.92 Å². The van der Waals surface area contributed by atoms with E-state index in [1.54, 1.807) is 6.92 Å². The molecule has 0 bridgehead atoms. The first kappa shape index (κ1) is 11.8. The summed E-state index contributed by atoms with van der Waals surface area (Å²) in [5.74, 6) is -0.122. The predicted octanol–water partition coefficient (Wildman–Crippen LogP) is 1.67. The third-order valence-corrected chi connectivity index (χ3v) is 2.74. The summed E-state index contributed by atoms with van der Waals surface area (Å²) in [6, 6.07) is 2.85. The van der Waals surface area contributed by atoms with Crippen molar-refractivity contribution in [1.29, 1.82) is 0 Å². The van der Waals surface area contributed by atoms with Gasteiger partial charge in [0, 0.05) is 0 Å². The van der Waals surface area contributed by atoms with Crippen LogP contribution in [0.25, 0.3) is 0 Å². The average molecular weight is 234 g/mol. The van der Waals surface area contributed by atoms with Crippen LogP contribution < -0.4 is 9.47 Å². The molecule has 0 aliphatic rings. The van der Waals surface area contributed by atoms with Crippen molar-refractivity contribution in [3.05, 3.63) is 17.7 Å². The van der Waals surface area contributed by atoms with Gasteiger partial charge in [-0.2, -0.15) is 8.42 Å². The van der Waals surface area contributed by atoms with Gasteiger partial charge in [0.05, 0.1) is 14.2 Å². The third-order valence-electron chi connectivity index (χ3n) is 1.85. The summed E-state index contributed by atoms with van der Waals surface area (Å²) in [4.78, 5) is -0.571. The topological polar surface area (TPSA) is 52.6 Å². The highest BCUT2D eigenvalue weighted by Gasteiger charge is 2.24. The van der Waals surface area contributed by atoms with Crippen molar-refractivity contribution >= 4 is 10.2 Å². The standard InChI is InChI=1S/C9H11FO4S/c1-6-4-7(13-2)9(15(10,11)12)8(5-6)14-3/h4-5H,1-3H3. The van der Waals surface area contributed by atoms with Gasteiger partial charge in [0.2, 0.25) is 0 Å². The summed E-state index contributed by atoms with van der Waals surface area (Å²) in [5, 5.41) is 0. The average Bonchev–Trinajstić information content (AvgIpc) is 2.14. The minimum absolute atomic E-state index is 0.0608. The summed E-state index contributed by atoms with van der Waals surface area (Å²) < 4.78 is 44.3. The van der Waals surface area contributed by atoms with E-state index >= 15 is 0 Å². The number of halogens is 1. The summed E-state index contributed by atoms with van der Waals surface area (Å²) in [7, 11) is -2.32. The van der Waals surface area contributed by atoms with Gasteiger partial charge >= 0.3 is 10.2 Å². The molecule has 4 nitrogen and oxygen atoms in total. The van der Waals surface area contributed by atoms with Crippen LogP contribution in [0.1, 0.15) is 5.56 Å². The predicted molar refractivity (Wildman–Crippen MR) is 52.6 cm³/mol. The number of methoxy groups -OCH3 is 2. The Labute approximate surface area is 87.8 Å². The highest BCUT2D eigenvalue weighted by Crippen LogP contribution is 2.35. The number of hydrogen-bond donors (Lipinski definition) is 0. The molecule has 15 heavy (non-hydrogen) atoms. The SMILES string of the molecule is COc1cc(C)cc(OC)c1S(=O)(=O)F. The zero-order valence-electron chi connectivity index (χ0n) is 8.57. The maximum absolute atomic E-state index is 13.0. The second kappa shape index (κ2) is 4.06. The van der Waals surface area contributed by atoms with E-state index in [1.807, 2.05) is 0 Å². The van der Waals surface area contributed by atoms with Crippen LogP contribution >= 0.6 is 0 Å². The molecule has 0 saturated carbocycles. The van der Waals surface area contributed by atoms with Crippen molar-refractivity contribution in [3.8, 4) is 11.5 Å². The van der Waals surface area contributed by atoms with Gasteiger partial charge in [-0.15, -0.1) is 3.89 Å². The molecule has 1 rings (SSSR count). The fourth-order valence-electron chi connectivity index (χ4n) is 1.25. The summed E-state index contributed by atoms with van der Waals surface area (Å²) in [5.41, 5.74) is 0.719. The lowest BCUT2D eigenvalue weighted by molar-refractivity contribution is 0.370. The second-order valence-corrected chi connectivity index (χ2v) is 4.22. The number of rotatable bonds is 3. The van der Waals surface area contributed by atoms with E-state index in [0.29, 0.717) is 0 Å². The molecule has 0 atom stereocenters. The molecule has 0 heterocycles. The lowest BCUT2D eigenvalue weighted by atomic mass is 10.2. The molecule has 0 aromatic heterocycles. The maximum atomic E-state index is 13.0. The Balaban J connectivity index is 3.59. The lowest BCUT2D eigenvalue weighted by Gasteiger charge is -2.10. The molecule has 0 aliphatic carbocycles. The van der Waals surface area contributed by atoms with E-state index in [4.69, 9.17) is 9.47 Å². The number of aryl methyl sites for hydroxylation is 1. The van der Waals surface area contributed by atoms with Gasteiger partial charge in [0.1, 0.15) is 11.5 Å². The van der Waals surface area contributed by atoms with Crippen molar-refractivity contribution in [2.24, 2.45) is 0 Å². The van der Waals surface area contributed by atoms with Crippen molar-refractivity contribution in [2.45, 2.75) is 11.8 Å². The molecule has 0 saturated heterocycles. The van der Waals surface area contributed by atoms with Gasteiger partial charge in [-0.1, -0.05) is 0 Å². The number of benzene rings is 1. The van der Waals surface area contributed by atoms with Crippen molar-refractivity contribution in [1.82, 2.24) is 0 Å². The molecule has 0 spiro atoms. The Hall–Kier alpha value is -1.30. The van der Waals surface area contributed by atoms with E-state index in [-0.39, 0.29) is 11.5 Å². The minimum atomic E-state index is -4.86. The first-order valence-electron chi connectivity index (χ1n) is 4.07. The van der Waals surface area contributed by atoms with Crippen molar-refractivity contribution in [3.63, 3.8) is 0 Å². The zero-order chi connectivity index (χ0) is 11.6. The molecule has 0 N–H and O–H groups in total. The molecule has 0 radical (unpaired) electrons. The summed E-state index contributed by atoms with van der Waals surface area (Å²) >= 11 is 0. The quantitative estimate of drug-likeness (QED) is 0.746.